The van der Waals surface area contributed by atoms with Crippen molar-refractivity contribution in [2.75, 3.05) is 13.1 Å². The highest BCUT2D eigenvalue weighted by Crippen LogP contribution is 2.32. The van der Waals surface area contributed by atoms with Crippen LogP contribution in [-0.2, 0) is 0 Å². The topological polar surface area (TPSA) is 34.1 Å². The van der Waals surface area contributed by atoms with Gasteiger partial charge in [-0.3, -0.25) is 0 Å². The second kappa shape index (κ2) is 6.81. The SMILES string of the molecule is CC(Oc1ccc(Cl)cn1)C1CNCC1c1ccc(F)c(F)c1. The fourth-order valence-corrected chi connectivity index (χ4v) is 3.12. The average molecular weight is 339 g/mol. The molecule has 0 saturated carbocycles. The molecule has 1 fully saturated rings. The van der Waals surface area contributed by atoms with Crippen molar-refractivity contribution in [2.24, 2.45) is 5.92 Å². The molecule has 3 unspecified atom stereocenters. The summed E-state index contributed by atoms with van der Waals surface area (Å²) in [5.74, 6) is -0.949. The van der Waals surface area contributed by atoms with Gasteiger partial charge in [-0.1, -0.05) is 17.7 Å². The van der Waals surface area contributed by atoms with E-state index < -0.39 is 11.6 Å². The van der Waals surface area contributed by atoms with Crippen LogP contribution in [0.15, 0.2) is 36.5 Å². The van der Waals surface area contributed by atoms with Crippen LogP contribution in [0.3, 0.4) is 0 Å². The number of benzene rings is 1. The van der Waals surface area contributed by atoms with Crippen molar-refractivity contribution in [1.29, 1.82) is 0 Å². The molecule has 0 bridgehead atoms. The Morgan fingerprint density at radius 3 is 2.74 bits per heavy atom. The Bertz CT molecular complexity index is 681. The van der Waals surface area contributed by atoms with Gasteiger partial charge in [0.15, 0.2) is 11.6 Å². The van der Waals surface area contributed by atoms with Gasteiger partial charge in [-0.15, -0.1) is 0 Å². The molecule has 3 atom stereocenters. The maximum absolute atomic E-state index is 13.5. The number of hydrogen-bond acceptors (Lipinski definition) is 3. The van der Waals surface area contributed by atoms with Crippen molar-refractivity contribution in [2.45, 2.75) is 18.9 Å². The molecule has 1 aliphatic rings. The van der Waals surface area contributed by atoms with E-state index in [9.17, 15) is 8.78 Å². The van der Waals surface area contributed by atoms with Gasteiger partial charge in [0.05, 0.1) is 5.02 Å². The highest BCUT2D eigenvalue weighted by molar-refractivity contribution is 6.30. The second-order valence-electron chi connectivity index (χ2n) is 5.74. The smallest absolute Gasteiger partial charge is 0.213 e. The molecule has 3 nitrogen and oxygen atoms in total. The Balaban J connectivity index is 1.75. The standard InChI is InChI=1S/C17H17ClF2N2O/c1-10(23-17-5-3-12(18)7-22-17)13-8-21-9-14(13)11-2-4-15(19)16(20)6-11/h2-7,10,13-14,21H,8-9H2,1H3. The third-order valence-corrected chi connectivity index (χ3v) is 4.47. The molecule has 2 aromatic rings. The van der Waals surface area contributed by atoms with Crippen LogP contribution >= 0.6 is 11.6 Å². The van der Waals surface area contributed by atoms with Crippen molar-refractivity contribution in [3.8, 4) is 5.88 Å². The number of aromatic nitrogens is 1. The van der Waals surface area contributed by atoms with Gasteiger partial charge in [0.1, 0.15) is 6.10 Å². The highest BCUT2D eigenvalue weighted by atomic mass is 35.5. The molecule has 0 radical (unpaired) electrons. The Morgan fingerprint density at radius 2 is 2.04 bits per heavy atom. The lowest BCUT2D eigenvalue weighted by Crippen LogP contribution is -2.29. The molecule has 3 rings (SSSR count). The predicted octanol–water partition coefficient (Wildman–Crippen LogP) is 3.78. The number of pyridine rings is 1. The number of hydrogen-bond donors (Lipinski definition) is 1. The van der Waals surface area contributed by atoms with E-state index in [-0.39, 0.29) is 17.9 Å². The fourth-order valence-electron chi connectivity index (χ4n) is 3.01. The zero-order valence-corrected chi connectivity index (χ0v) is 13.4. The number of ether oxygens (including phenoxy) is 1. The lowest BCUT2D eigenvalue weighted by Gasteiger charge is -2.25. The molecule has 122 valence electrons. The second-order valence-corrected chi connectivity index (χ2v) is 6.18. The maximum Gasteiger partial charge on any atom is 0.213 e. The zero-order chi connectivity index (χ0) is 16.4. The molecule has 23 heavy (non-hydrogen) atoms. The Hall–Kier alpha value is -1.72. The van der Waals surface area contributed by atoms with Gasteiger partial charge in [0, 0.05) is 37.2 Å². The normalized spacial score (nSPS) is 22.1. The predicted molar refractivity (Wildman–Crippen MR) is 84.8 cm³/mol. The van der Waals surface area contributed by atoms with Crippen LogP contribution in [0.5, 0.6) is 5.88 Å². The summed E-state index contributed by atoms with van der Waals surface area (Å²) in [5, 5.41) is 3.84. The first kappa shape index (κ1) is 16.1. The van der Waals surface area contributed by atoms with E-state index in [1.807, 2.05) is 6.92 Å². The van der Waals surface area contributed by atoms with E-state index in [0.29, 0.717) is 17.4 Å². The third kappa shape index (κ3) is 3.62. The fraction of sp³-hybridized carbons (Fsp3) is 0.353. The molecule has 0 amide bonds. The minimum atomic E-state index is -0.828. The maximum atomic E-state index is 13.5. The summed E-state index contributed by atoms with van der Waals surface area (Å²) in [4.78, 5) is 4.13. The van der Waals surface area contributed by atoms with Crippen LogP contribution in [-0.4, -0.2) is 24.2 Å². The summed E-state index contributed by atoms with van der Waals surface area (Å²) in [6, 6.07) is 7.51. The van der Waals surface area contributed by atoms with Crippen LogP contribution in [0.1, 0.15) is 18.4 Å². The quantitative estimate of drug-likeness (QED) is 0.921. The largest absolute Gasteiger partial charge is 0.474 e. The van der Waals surface area contributed by atoms with E-state index in [0.717, 1.165) is 12.1 Å². The monoisotopic (exact) mass is 338 g/mol. The van der Waals surface area contributed by atoms with Crippen LogP contribution in [0.4, 0.5) is 8.78 Å². The lowest BCUT2D eigenvalue weighted by molar-refractivity contribution is 0.145. The van der Waals surface area contributed by atoms with Crippen molar-refractivity contribution < 1.29 is 13.5 Å². The summed E-state index contributed by atoms with van der Waals surface area (Å²) in [6.07, 6.45) is 1.40. The van der Waals surface area contributed by atoms with Crippen LogP contribution in [0.2, 0.25) is 5.02 Å². The first-order valence-electron chi connectivity index (χ1n) is 7.48. The molecule has 2 heterocycles. The molecule has 1 saturated heterocycles. The van der Waals surface area contributed by atoms with Crippen LogP contribution in [0.25, 0.3) is 0 Å². The first-order valence-corrected chi connectivity index (χ1v) is 7.86. The van der Waals surface area contributed by atoms with Gasteiger partial charge in [0.25, 0.3) is 0 Å². The Kier molecular flexibility index (Phi) is 4.78. The number of rotatable bonds is 4. The van der Waals surface area contributed by atoms with E-state index in [2.05, 4.69) is 10.3 Å². The average Bonchev–Trinajstić information content (AvgIpc) is 3.02. The molecule has 1 aromatic heterocycles. The molecule has 6 heteroatoms. The van der Waals surface area contributed by atoms with Crippen molar-refractivity contribution in [3.63, 3.8) is 0 Å². The zero-order valence-electron chi connectivity index (χ0n) is 12.6. The molecule has 0 aliphatic carbocycles. The summed E-state index contributed by atoms with van der Waals surface area (Å²) >= 11 is 5.81. The molecular weight excluding hydrogens is 322 g/mol. The number of halogens is 3. The highest BCUT2D eigenvalue weighted by Gasteiger charge is 2.34. The van der Waals surface area contributed by atoms with Gasteiger partial charge in [0.2, 0.25) is 5.88 Å². The van der Waals surface area contributed by atoms with E-state index in [1.165, 1.54) is 18.3 Å². The number of nitrogens with zero attached hydrogens (tertiary/aromatic N) is 1. The van der Waals surface area contributed by atoms with Gasteiger partial charge >= 0.3 is 0 Å². The van der Waals surface area contributed by atoms with E-state index in [1.54, 1.807) is 18.2 Å². The van der Waals surface area contributed by atoms with Gasteiger partial charge < -0.3 is 10.1 Å². The van der Waals surface area contributed by atoms with Gasteiger partial charge in [-0.05, 0) is 30.7 Å². The van der Waals surface area contributed by atoms with E-state index >= 15 is 0 Å². The van der Waals surface area contributed by atoms with Gasteiger partial charge in [-0.2, -0.15) is 0 Å². The summed E-state index contributed by atoms with van der Waals surface area (Å²) in [6.45, 7) is 3.41. The first-order chi connectivity index (χ1) is 11.0. The molecular formula is C17H17ClF2N2O. The van der Waals surface area contributed by atoms with Crippen molar-refractivity contribution in [1.82, 2.24) is 10.3 Å². The molecule has 0 spiro atoms. The lowest BCUT2D eigenvalue weighted by atomic mass is 9.85. The summed E-state index contributed by atoms with van der Waals surface area (Å²) < 4.78 is 32.5. The van der Waals surface area contributed by atoms with Crippen LogP contribution < -0.4 is 10.1 Å². The minimum Gasteiger partial charge on any atom is -0.474 e. The molecule has 1 N–H and O–H groups in total. The molecule has 1 aromatic carbocycles. The van der Waals surface area contributed by atoms with Crippen LogP contribution in [0, 0.1) is 17.6 Å². The third-order valence-electron chi connectivity index (χ3n) is 4.24. The van der Waals surface area contributed by atoms with Crippen molar-refractivity contribution in [3.05, 3.63) is 58.7 Å². The molecule has 1 aliphatic heterocycles. The van der Waals surface area contributed by atoms with Crippen molar-refractivity contribution >= 4 is 11.6 Å². The van der Waals surface area contributed by atoms with E-state index in [4.69, 9.17) is 16.3 Å². The van der Waals surface area contributed by atoms with Gasteiger partial charge in [-0.25, -0.2) is 13.8 Å². The summed E-state index contributed by atoms with van der Waals surface area (Å²) in [5.41, 5.74) is 0.776. The minimum absolute atomic E-state index is 0.0624. The number of nitrogens with one attached hydrogen (secondary N) is 1. The Labute approximate surface area is 138 Å². The Morgan fingerprint density at radius 1 is 1.22 bits per heavy atom. The summed E-state index contributed by atoms with van der Waals surface area (Å²) in [7, 11) is 0.